The molecule has 2 fully saturated rings. The molecule has 2 amide bonds. The van der Waals surface area contributed by atoms with Gasteiger partial charge in [-0.05, 0) is 24.8 Å². The fraction of sp³-hybridized carbons (Fsp3) is 0.462. The lowest BCUT2D eigenvalue weighted by Crippen LogP contribution is -2.36. The zero-order valence-corrected chi connectivity index (χ0v) is 9.44. The first kappa shape index (κ1) is 9.70. The second-order valence-electron chi connectivity index (χ2n) is 5.14. The standard InChI is InChI=1S/C13H16N2O/c1-9-2-4-10(5-3-9)13-6-11(13)7-15(8-13)12(14)16/h2-5,11H,6-8H2,1H3,(H2,14,16). The highest BCUT2D eigenvalue weighted by atomic mass is 16.2. The molecule has 0 spiro atoms. The third-order valence-electron chi connectivity index (χ3n) is 4.08. The van der Waals surface area contributed by atoms with Gasteiger partial charge in [-0.1, -0.05) is 29.8 Å². The first-order valence-corrected chi connectivity index (χ1v) is 5.73. The van der Waals surface area contributed by atoms with Gasteiger partial charge in [-0.15, -0.1) is 0 Å². The number of amides is 2. The zero-order valence-electron chi connectivity index (χ0n) is 9.44. The zero-order chi connectivity index (χ0) is 11.3. The molecule has 1 aliphatic heterocycles. The summed E-state index contributed by atoms with van der Waals surface area (Å²) in [6.45, 7) is 3.73. The van der Waals surface area contributed by atoms with E-state index in [-0.39, 0.29) is 11.4 Å². The molecule has 3 heteroatoms. The molecule has 2 N–H and O–H groups in total. The van der Waals surface area contributed by atoms with Crippen LogP contribution in [-0.4, -0.2) is 24.0 Å². The van der Waals surface area contributed by atoms with Crippen molar-refractivity contribution in [3.05, 3.63) is 35.4 Å². The number of piperidine rings is 1. The molecule has 1 saturated carbocycles. The van der Waals surface area contributed by atoms with Crippen molar-refractivity contribution in [3.63, 3.8) is 0 Å². The molecular weight excluding hydrogens is 200 g/mol. The first-order valence-electron chi connectivity index (χ1n) is 5.73. The van der Waals surface area contributed by atoms with Crippen LogP contribution >= 0.6 is 0 Å². The van der Waals surface area contributed by atoms with Crippen LogP contribution < -0.4 is 5.73 Å². The maximum absolute atomic E-state index is 11.1. The van der Waals surface area contributed by atoms with E-state index in [1.165, 1.54) is 17.5 Å². The fourth-order valence-corrected chi connectivity index (χ4v) is 2.98. The molecule has 0 aromatic heterocycles. The Morgan fingerprint density at radius 2 is 2.12 bits per heavy atom. The molecule has 3 rings (SSSR count). The van der Waals surface area contributed by atoms with Crippen molar-refractivity contribution in [2.45, 2.75) is 18.8 Å². The van der Waals surface area contributed by atoms with E-state index in [2.05, 4.69) is 31.2 Å². The van der Waals surface area contributed by atoms with E-state index >= 15 is 0 Å². The lowest BCUT2D eigenvalue weighted by atomic mass is 9.94. The molecule has 1 saturated heterocycles. The maximum atomic E-state index is 11.1. The molecule has 1 aromatic rings. The van der Waals surface area contributed by atoms with Crippen molar-refractivity contribution < 1.29 is 4.79 Å². The number of primary amides is 1. The molecule has 1 aromatic carbocycles. The molecule has 1 heterocycles. The van der Waals surface area contributed by atoms with Gasteiger partial charge in [0.1, 0.15) is 0 Å². The predicted octanol–water partition coefficient (Wildman–Crippen LogP) is 1.65. The predicted molar refractivity (Wildman–Crippen MR) is 62.1 cm³/mol. The van der Waals surface area contributed by atoms with Crippen molar-refractivity contribution in [2.24, 2.45) is 11.7 Å². The molecule has 2 atom stereocenters. The fourth-order valence-electron chi connectivity index (χ4n) is 2.98. The van der Waals surface area contributed by atoms with E-state index in [4.69, 9.17) is 5.73 Å². The second kappa shape index (κ2) is 3.00. The Kier molecular flexibility index (Phi) is 1.82. The number of hydrogen-bond acceptors (Lipinski definition) is 1. The minimum atomic E-state index is -0.279. The van der Waals surface area contributed by atoms with Crippen LogP contribution in [0.15, 0.2) is 24.3 Å². The van der Waals surface area contributed by atoms with Crippen molar-refractivity contribution in [2.75, 3.05) is 13.1 Å². The van der Waals surface area contributed by atoms with E-state index in [1.807, 2.05) is 0 Å². The van der Waals surface area contributed by atoms with E-state index in [0.29, 0.717) is 5.92 Å². The smallest absolute Gasteiger partial charge is 0.314 e. The van der Waals surface area contributed by atoms with Gasteiger partial charge in [0.2, 0.25) is 0 Å². The Balaban J connectivity index is 1.87. The van der Waals surface area contributed by atoms with Crippen molar-refractivity contribution in [1.29, 1.82) is 0 Å². The second-order valence-corrected chi connectivity index (χ2v) is 5.14. The van der Waals surface area contributed by atoms with Crippen LogP contribution in [0.3, 0.4) is 0 Å². The van der Waals surface area contributed by atoms with Crippen LogP contribution in [0.2, 0.25) is 0 Å². The van der Waals surface area contributed by atoms with E-state index in [0.717, 1.165) is 13.1 Å². The Hall–Kier alpha value is -1.51. The van der Waals surface area contributed by atoms with Crippen LogP contribution in [0.4, 0.5) is 4.79 Å². The number of likely N-dealkylation sites (tertiary alicyclic amines) is 1. The summed E-state index contributed by atoms with van der Waals surface area (Å²) in [6.07, 6.45) is 1.21. The number of rotatable bonds is 1. The summed E-state index contributed by atoms with van der Waals surface area (Å²) >= 11 is 0. The molecule has 1 aliphatic carbocycles. The highest BCUT2D eigenvalue weighted by Crippen LogP contribution is 2.58. The third-order valence-corrected chi connectivity index (χ3v) is 4.08. The highest BCUT2D eigenvalue weighted by molar-refractivity contribution is 5.73. The van der Waals surface area contributed by atoms with Crippen molar-refractivity contribution in [1.82, 2.24) is 4.90 Å². The third kappa shape index (κ3) is 1.24. The van der Waals surface area contributed by atoms with Gasteiger partial charge in [0, 0.05) is 18.5 Å². The Morgan fingerprint density at radius 3 is 2.69 bits per heavy atom. The molecule has 2 unspecified atom stereocenters. The SMILES string of the molecule is Cc1ccc(C23CC2CN(C(N)=O)C3)cc1. The maximum Gasteiger partial charge on any atom is 0.314 e. The number of nitrogens with zero attached hydrogens (tertiary/aromatic N) is 1. The van der Waals surface area contributed by atoms with Gasteiger partial charge in [-0.25, -0.2) is 4.79 Å². The molecule has 16 heavy (non-hydrogen) atoms. The van der Waals surface area contributed by atoms with Crippen molar-refractivity contribution >= 4 is 6.03 Å². The quantitative estimate of drug-likeness (QED) is 0.762. The van der Waals surface area contributed by atoms with Gasteiger partial charge in [-0.3, -0.25) is 0 Å². The Morgan fingerprint density at radius 1 is 1.44 bits per heavy atom. The Labute approximate surface area is 95.2 Å². The molecule has 84 valence electrons. The number of nitrogens with two attached hydrogens (primary N) is 1. The summed E-state index contributed by atoms with van der Waals surface area (Å²) in [5, 5.41) is 0. The average molecular weight is 216 g/mol. The minimum absolute atomic E-state index is 0.225. The van der Waals surface area contributed by atoms with Crippen LogP contribution in [0.25, 0.3) is 0 Å². The molecule has 0 radical (unpaired) electrons. The number of aryl methyl sites for hydroxylation is 1. The molecular formula is C13H16N2O. The highest BCUT2D eigenvalue weighted by Gasteiger charge is 2.61. The summed E-state index contributed by atoms with van der Waals surface area (Å²) in [5.41, 5.74) is 8.20. The van der Waals surface area contributed by atoms with Crippen LogP contribution in [0, 0.1) is 12.8 Å². The minimum Gasteiger partial charge on any atom is -0.351 e. The van der Waals surface area contributed by atoms with Gasteiger partial charge >= 0.3 is 6.03 Å². The lowest BCUT2D eigenvalue weighted by Gasteiger charge is -2.19. The number of hydrogen-bond donors (Lipinski definition) is 1. The average Bonchev–Trinajstić information content (AvgIpc) is 2.82. The normalized spacial score (nSPS) is 31.3. The van der Waals surface area contributed by atoms with Gasteiger partial charge in [-0.2, -0.15) is 0 Å². The summed E-state index contributed by atoms with van der Waals surface area (Å²) in [6, 6.07) is 8.40. The summed E-state index contributed by atoms with van der Waals surface area (Å²) in [5.74, 6) is 0.628. The number of urea groups is 1. The van der Waals surface area contributed by atoms with E-state index in [9.17, 15) is 4.79 Å². The number of carbonyl (C=O) groups is 1. The lowest BCUT2D eigenvalue weighted by molar-refractivity contribution is 0.212. The molecule has 3 nitrogen and oxygen atoms in total. The Bertz CT molecular complexity index is 440. The van der Waals surface area contributed by atoms with Gasteiger partial charge in [0.25, 0.3) is 0 Å². The first-order chi connectivity index (χ1) is 7.62. The van der Waals surface area contributed by atoms with Gasteiger partial charge < -0.3 is 10.6 Å². The summed E-state index contributed by atoms with van der Waals surface area (Å²) in [4.78, 5) is 12.9. The van der Waals surface area contributed by atoms with Crippen LogP contribution in [0.5, 0.6) is 0 Å². The number of fused-ring (bicyclic) bond motifs is 1. The van der Waals surface area contributed by atoms with E-state index in [1.54, 1.807) is 4.90 Å². The van der Waals surface area contributed by atoms with Crippen LogP contribution in [0.1, 0.15) is 17.5 Å². The van der Waals surface area contributed by atoms with E-state index < -0.39 is 0 Å². The largest absolute Gasteiger partial charge is 0.351 e. The number of benzene rings is 1. The van der Waals surface area contributed by atoms with Crippen LogP contribution in [-0.2, 0) is 5.41 Å². The van der Waals surface area contributed by atoms with Crippen molar-refractivity contribution in [3.8, 4) is 0 Å². The van der Waals surface area contributed by atoms with Gasteiger partial charge in [0.15, 0.2) is 0 Å². The topological polar surface area (TPSA) is 46.3 Å². The van der Waals surface area contributed by atoms with Gasteiger partial charge in [0.05, 0.1) is 0 Å². The molecule has 0 bridgehead atoms. The summed E-state index contributed by atoms with van der Waals surface area (Å²) in [7, 11) is 0. The summed E-state index contributed by atoms with van der Waals surface area (Å²) < 4.78 is 0. The monoisotopic (exact) mass is 216 g/mol. The molecule has 2 aliphatic rings. The number of carbonyl (C=O) groups excluding carboxylic acids is 1.